The number of para-hydroxylation sites is 1. The van der Waals surface area contributed by atoms with Gasteiger partial charge in [-0.1, -0.05) is 48.5 Å². The second kappa shape index (κ2) is 6.73. The van der Waals surface area contributed by atoms with Crippen molar-refractivity contribution in [2.75, 3.05) is 20.1 Å². The van der Waals surface area contributed by atoms with Crippen molar-refractivity contribution in [2.24, 2.45) is 0 Å². The summed E-state index contributed by atoms with van der Waals surface area (Å²) in [5.74, 6) is 0.375. The molecule has 1 heterocycles. The van der Waals surface area contributed by atoms with Crippen molar-refractivity contribution >= 4 is 0 Å². The smallest absolute Gasteiger partial charge is 0.120 e. The fourth-order valence-electron chi connectivity index (χ4n) is 3.59. The van der Waals surface area contributed by atoms with E-state index in [1.54, 1.807) is 6.07 Å². The topological polar surface area (TPSA) is 26.7 Å². The van der Waals surface area contributed by atoms with Crippen LogP contribution in [0.1, 0.15) is 31.0 Å². The summed E-state index contributed by atoms with van der Waals surface area (Å²) in [4.78, 5) is 4.93. The van der Waals surface area contributed by atoms with Crippen LogP contribution in [0.25, 0.3) is 0 Å². The van der Waals surface area contributed by atoms with E-state index in [0.717, 1.165) is 18.7 Å². The number of nitrogens with zero attached hydrogens (tertiary/aromatic N) is 2. The van der Waals surface area contributed by atoms with Gasteiger partial charge in [-0.25, -0.2) is 0 Å². The maximum Gasteiger partial charge on any atom is 0.120 e. The largest absolute Gasteiger partial charge is 0.508 e. The van der Waals surface area contributed by atoms with Gasteiger partial charge in [0, 0.05) is 30.7 Å². The average Bonchev–Trinajstić information content (AvgIpc) is 2.55. The van der Waals surface area contributed by atoms with E-state index in [2.05, 4.69) is 55.0 Å². The Labute approximate surface area is 139 Å². The van der Waals surface area contributed by atoms with Gasteiger partial charge < -0.3 is 10.0 Å². The van der Waals surface area contributed by atoms with Crippen LogP contribution in [0.15, 0.2) is 54.6 Å². The molecule has 0 unspecified atom stereocenters. The van der Waals surface area contributed by atoms with Crippen LogP contribution >= 0.6 is 0 Å². The number of rotatable bonds is 3. The highest BCUT2D eigenvalue weighted by Crippen LogP contribution is 2.36. The van der Waals surface area contributed by atoms with Crippen LogP contribution < -0.4 is 0 Å². The Morgan fingerprint density at radius 2 is 1.57 bits per heavy atom. The SMILES string of the molecule is C[C@@H]1CN(C)[C@@H](C)CN1[C@H](c1ccccc1)c1ccccc1O. The molecule has 0 bridgehead atoms. The van der Waals surface area contributed by atoms with Crippen molar-refractivity contribution in [2.45, 2.75) is 32.0 Å². The van der Waals surface area contributed by atoms with Gasteiger partial charge in [0.05, 0.1) is 6.04 Å². The van der Waals surface area contributed by atoms with Crippen LogP contribution in [-0.2, 0) is 0 Å². The maximum absolute atomic E-state index is 10.4. The standard InChI is InChI=1S/C20H26N2O/c1-15-14-22(16(2)13-21(15)3)20(17-9-5-4-6-10-17)18-11-7-8-12-19(18)23/h4-12,15-16,20,23H,13-14H2,1-3H3/t15-,16+,20+/m0/s1. The van der Waals surface area contributed by atoms with Gasteiger partial charge in [0.15, 0.2) is 0 Å². The third kappa shape index (κ3) is 3.26. The van der Waals surface area contributed by atoms with Gasteiger partial charge in [-0.15, -0.1) is 0 Å². The van der Waals surface area contributed by atoms with E-state index < -0.39 is 0 Å². The molecule has 0 spiro atoms. The first kappa shape index (κ1) is 16.0. The van der Waals surface area contributed by atoms with E-state index >= 15 is 0 Å². The minimum atomic E-state index is 0.0866. The summed E-state index contributed by atoms with van der Waals surface area (Å²) < 4.78 is 0. The second-order valence-electron chi connectivity index (χ2n) is 6.71. The number of phenols is 1. The Kier molecular flexibility index (Phi) is 4.69. The van der Waals surface area contributed by atoms with Gasteiger partial charge in [0.25, 0.3) is 0 Å². The molecular formula is C20H26N2O. The summed E-state index contributed by atoms with van der Waals surface area (Å²) in [6.45, 7) is 6.58. The molecule has 122 valence electrons. The summed E-state index contributed by atoms with van der Waals surface area (Å²) >= 11 is 0. The Balaban J connectivity index is 2.04. The van der Waals surface area contributed by atoms with Gasteiger partial charge in [-0.2, -0.15) is 0 Å². The number of piperazine rings is 1. The molecule has 1 aliphatic rings. The number of hydrogen-bond donors (Lipinski definition) is 1. The Morgan fingerprint density at radius 1 is 0.913 bits per heavy atom. The van der Waals surface area contributed by atoms with E-state index in [9.17, 15) is 5.11 Å². The Morgan fingerprint density at radius 3 is 2.26 bits per heavy atom. The molecule has 3 rings (SSSR count). The molecule has 3 atom stereocenters. The van der Waals surface area contributed by atoms with Crippen molar-refractivity contribution in [1.29, 1.82) is 0 Å². The number of benzene rings is 2. The van der Waals surface area contributed by atoms with E-state index in [1.165, 1.54) is 5.56 Å². The predicted octanol–water partition coefficient (Wildman–Crippen LogP) is 3.51. The lowest BCUT2D eigenvalue weighted by Gasteiger charge is -2.46. The highest BCUT2D eigenvalue weighted by molar-refractivity contribution is 5.41. The first-order chi connectivity index (χ1) is 11.1. The third-order valence-corrected chi connectivity index (χ3v) is 5.02. The zero-order chi connectivity index (χ0) is 16.4. The molecule has 1 saturated heterocycles. The van der Waals surface area contributed by atoms with E-state index in [0.29, 0.717) is 17.8 Å². The molecule has 1 fully saturated rings. The minimum Gasteiger partial charge on any atom is -0.508 e. The van der Waals surface area contributed by atoms with Gasteiger partial charge in [-0.3, -0.25) is 4.90 Å². The summed E-state index contributed by atoms with van der Waals surface area (Å²) in [5, 5.41) is 10.4. The predicted molar refractivity (Wildman–Crippen MR) is 94.7 cm³/mol. The molecule has 0 aromatic heterocycles. The quantitative estimate of drug-likeness (QED) is 0.940. The molecule has 2 aromatic rings. The Bertz CT molecular complexity index is 643. The van der Waals surface area contributed by atoms with Crippen LogP contribution in [0, 0.1) is 0 Å². The van der Waals surface area contributed by atoms with Gasteiger partial charge in [0.2, 0.25) is 0 Å². The molecule has 1 N–H and O–H groups in total. The highest BCUT2D eigenvalue weighted by Gasteiger charge is 2.34. The molecule has 3 nitrogen and oxygen atoms in total. The van der Waals surface area contributed by atoms with Gasteiger partial charge >= 0.3 is 0 Å². The third-order valence-electron chi connectivity index (χ3n) is 5.02. The molecule has 3 heteroatoms. The first-order valence-corrected chi connectivity index (χ1v) is 8.36. The Hall–Kier alpha value is -1.84. The normalized spacial score (nSPS) is 24.5. The van der Waals surface area contributed by atoms with Crippen LogP contribution in [0.5, 0.6) is 5.75 Å². The fraction of sp³-hybridized carbons (Fsp3) is 0.400. The van der Waals surface area contributed by atoms with E-state index in [1.807, 2.05) is 24.3 Å². The van der Waals surface area contributed by atoms with Crippen molar-refractivity contribution < 1.29 is 5.11 Å². The molecule has 0 amide bonds. The van der Waals surface area contributed by atoms with Crippen LogP contribution in [0.3, 0.4) is 0 Å². The summed E-state index contributed by atoms with van der Waals surface area (Å²) in [7, 11) is 2.19. The van der Waals surface area contributed by atoms with Crippen LogP contribution in [-0.4, -0.2) is 47.1 Å². The lowest BCUT2D eigenvalue weighted by molar-refractivity contribution is 0.0384. The monoisotopic (exact) mass is 310 g/mol. The minimum absolute atomic E-state index is 0.0866. The van der Waals surface area contributed by atoms with Crippen molar-refractivity contribution in [3.8, 4) is 5.75 Å². The summed E-state index contributed by atoms with van der Waals surface area (Å²) in [6, 6.07) is 19.3. The van der Waals surface area contributed by atoms with Crippen molar-refractivity contribution in [1.82, 2.24) is 9.80 Å². The van der Waals surface area contributed by atoms with Crippen molar-refractivity contribution in [3.05, 3.63) is 65.7 Å². The zero-order valence-corrected chi connectivity index (χ0v) is 14.2. The van der Waals surface area contributed by atoms with Crippen LogP contribution in [0.4, 0.5) is 0 Å². The first-order valence-electron chi connectivity index (χ1n) is 8.36. The molecule has 1 aliphatic heterocycles. The highest BCUT2D eigenvalue weighted by atomic mass is 16.3. The molecule has 0 radical (unpaired) electrons. The van der Waals surface area contributed by atoms with Gasteiger partial charge in [0.1, 0.15) is 5.75 Å². The molecular weight excluding hydrogens is 284 g/mol. The van der Waals surface area contributed by atoms with E-state index in [-0.39, 0.29) is 6.04 Å². The van der Waals surface area contributed by atoms with Gasteiger partial charge in [-0.05, 0) is 32.5 Å². The lowest BCUT2D eigenvalue weighted by Crippen LogP contribution is -2.55. The molecule has 23 heavy (non-hydrogen) atoms. The fourth-order valence-corrected chi connectivity index (χ4v) is 3.59. The molecule has 0 saturated carbocycles. The summed E-state index contributed by atoms with van der Waals surface area (Å²) in [6.07, 6.45) is 0. The second-order valence-corrected chi connectivity index (χ2v) is 6.71. The number of phenolic OH excluding ortho intramolecular Hbond substituents is 1. The number of hydrogen-bond acceptors (Lipinski definition) is 3. The zero-order valence-electron chi connectivity index (χ0n) is 14.2. The lowest BCUT2D eigenvalue weighted by atomic mass is 9.93. The number of likely N-dealkylation sites (N-methyl/N-ethyl adjacent to an activating group) is 1. The summed E-state index contributed by atoms with van der Waals surface area (Å²) in [5.41, 5.74) is 2.22. The maximum atomic E-state index is 10.4. The molecule has 0 aliphatic carbocycles. The number of aromatic hydroxyl groups is 1. The average molecular weight is 310 g/mol. The van der Waals surface area contributed by atoms with Crippen LogP contribution in [0.2, 0.25) is 0 Å². The van der Waals surface area contributed by atoms with E-state index in [4.69, 9.17) is 0 Å². The molecule has 2 aromatic carbocycles. The van der Waals surface area contributed by atoms with Crippen molar-refractivity contribution in [3.63, 3.8) is 0 Å².